The minimum atomic E-state index is -0.757. The van der Waals surface area contributed by atoms with E-state index in [1.54, 1.807) is 17.0 Å². The Bertz CT molecular complexity index is 710. The molecular weight excluding hydrogens is 362 g/mol. The lowest BCUT2D eigenvalue weighted by Gasteiger charge is -2.24. The van der Waals surface area contributed by atoms with E-state index >= 15 is 0 Å². The quantitative estimate of drug-likeness (QED) is 0.838. The number of carbonyl (C=O) groups excluding carboxylic acids is 2. The zero-order chi connectivity index (χ0) is 19.6. The summed E-state index contributed by atoms with van der Waals surface area (Å²) in [6.45, 7) is 3.17. The van der Waals surface area contributed by atoms with Crippen molar-refractivity contribution >= 4 is 23.4 Å². The summed E-state index contributed by atoms with van der Waals surface area (Å²) in [5, 5.41) is 4.18. The predicted molar refractivity (Wildman–Crippen MR) is 93.5 cm³/mol. The van der Waals surface area contributed by atoms with Crippen molar-refractivity contribution < 1.29 is 27.9 Å². The van der Waals surface area contributed by atoms with Crippen LogP contribution in [0.1, 0.15) is 6.92 Å². The summed E-state index contributed by atoms with van der Waals surface area (Å²) in [5.74, 6) is -1.77. The van der Waals surface area contributed by atoms with E-state index in [0.29, 0.717) is 26.2 Å². The number of anilines is 2. The summed E-state index contributed by atoms with van der Waals surface area (Å²) in [6.07, 6.45) is -1.29. The number of cyclic esters (lactones) is 1. The van der Waals surface area contributed by atoms with E-state index < -0.39 is 23.8 Å². The molecule has 0 spiro atoms. The Kier molecular flexibility index (Phi) is 5.76. The normalized spacial score (nSPS) is 21.2. The van der Waals surface area contributed by atoms with Crippen LogP contribution in [0.3, 0.4) is 0 Å². The smallest absolute Gasteiger partial charge is 0.414 e. The number of nitrogens with one attached hydrogen (secondary N) is 1. The highest BCUT2D eigenvalue weighted by molar-refractivity contribution is 5.90. The van der Waals surface area contributed by atoms with Crippen molar-refractivity contribution in [2.45, 2.75) is 13.0 Å². The van der Waals surface area contributed by atoms with Crippen LogP contribution in [0.4, 0.5) is 25.0 Å². The fourth-order valence-electron chi connectivity index (χ4n) is 3.07. The maximum absolute atomic E-state index is 14.7. The van der Waals surface area contributed by atoms with E-state index in [9.17, 15) is 18.4 Å². The Morgan fingerprint density at radius 3 is 2.63 bits per heavy atom. The van der Waals surface area contributed by atoms with E-state index in [1.165, 1.54) is 6.92 Å². The maximum atomic E-state index is 14.7. The van der Waals surface area contributed by atoms with Gasteiger partial charge in [0.05, 0.1) is 25.4 Å². The molecule has 3 rings (SSSR count). The number of ether oxygens (including phenoxy) is 1. The van der Waals surface area contributed by atoms with Gasteiger partial charge in [0.2, 0.25) is 5.91 Å². The molecule has 8 nitrogen and oxygen atoms in total. The van der Waals surface area contributed by atoms with Gasteiger partial charge in [0, 0.05) is 45.7 Å². The number of hydrogen-bond donors (Lipinski definition) is 1. The van der Waals surface area contributed by atoms with Gasteiger partial charge in [-0.2, -0.15) is 5.06 Å². The van der Waals surface area contributed by atoms with Gasteiger partial charge in [0.25, 0.3) is 0 Å². The Labute approximate surface area is 155 Å². The molecule has 0 saturated carbocycles. The van der Waals surface area contributed by atoms with Gasteiger partial charge in [0.15, 0.2) is 11.6 Å². The number of nitrogens with zero attached hydrogens (tertiary/aromatic N) is 3. The predicted octanol–water partition coefficient (Wildman–Crippen LogP) is 1.11. The molecule has 1 aromatic carbocycles. The van der Waals surface area contributed by atoms with Gasteiger partial charge in [-0.15, -0.1) is 0 Å². The van der Waals surface area contributed by atoms with Gasteiger partial charge >= 0.3 is 6.09 Å². The number of hydroxylamine groups is 2. The van der Waals surface area contributed by atoms with Gasteiger partial charge in [-0.25, -0.2) is 13.6 Å². The summed E-state index contributed by atoms with van der Waals surface area (Å²) >= 11 is 0. The summed E-state index contributed by atoms with van der Waals surface area (Å²) in [7, 11) is 1.76. The van der Waals surface area contributed by atoms with Crippen LogP contribution in [-0.2, 0) is 14.4 Å². The van der Waals surface area contributed by atoms with E-state index in [1.807, 2.05) is 0 Å². The van der Waals surface area contributed by atoms with Crippen molar-refractivity contribution in [1.82, 2.24) is 10.4 Å². The average molecular weight is 384 g/mol. The molecule has 148 valence electrons. The number of halogens is 2. The second-order valence-electron chi connectivity index (χ2n) is 6.48. The molecule has 1 atom stereocenters. The maximum Gasteiger partial charge on any atom is 0.414 e. The summed E-state index contributed by atoms with van der Waals surface area (Å²) < 4.78 is 34.5. The van der Waals surface area contributed by atoms with Crippen LogP contribution < -0.4 is 15.1 Å². The number of amides is 2. The van der Waals surface area contributed by atoms with Crippen LogP contribution in [0.25, 0.3) is 0 Å². The molecule has 2 aliphatic heterocycles. The third kappa shape index (κ3) is 4.45. The van der Waals surface area contributed by atoms with Crippen LogP contribution in [0.15, 0.2) is 12.1 Å². The lowest BCUT2D eigenvalue weighted by atomic mass is 10.2. The van der Waals surface area contributed by atoms with E-state index in [0.717, 1.165) is 17.0 Å². The average Bonchev–Trinajstić information content (AvgIpc) is 2.84. The SMILES string of the molecule is CC(=O)NC[C@H]1CN(c2cc(F)c(N3CCON(C)CC3)c(F)c2)C(=O)O1. The number of likely N-dealkylation sites (N-methyl/N-ethyl adjacent to an activating group) is 1. The lowest BCUT2D eigenvalue weighted by molar-refractivity contribution is -0.126. The van der Waals surface area contributed by atoms with Gasteiger partial charge in [0.1, 0.15) is 11.8 Å². The van der Waals surface area contributed by atoms with Crippen LogP contribution in [0.2, 0.25) is 0 Å². The molecule has 2 heterocycles. The van der Waals surface area contributed by atoms with E-state index in [2.05, 4.69) is 5.32 Å². The van der Waals surface area contributed by atoms with Crippen LogP contribution in [0.5, 0.6) is 0 Å². The summed E-state index contributed by atoms with van der Waals surface area (Å²) in [5.41, 5.74) is -0.0627. The lowest BCUT2D eigenvalue weighted by Crippen LogP contribution is -2.33. The van der Waals surface area contributed by atoms with Crippen LogP contribution in [0, 0.1) is 11.6 Å². The third-order valence-corrected chi connectivity index (χ3v) is 4.44. The highest BCUT2D eigenvalue weighted by atomic mass is 19.1. The second-order valence-corrected chi connectivity index (χ2v) is 6.48. The minimum absolute atomic E-state index is 0.0762. The standard InChI is InChI=1S/C17H22F2N4O4/c1-11(24)20-9-13-10-23(17(25)27-13)12-7-14(18)16(15(19)8-12)22-4-3-21(2)26-6-5-22/h7-8,13H,3-6,9-10H2,1-2H3,(H,20,24)/t13-/m0/s1. The highest BCUT2D eigenvalue weighted by Crippen LogP contribution is 2.31. The summed E-state index contributed by atoms with van der Waals surface area (Å²) in [6, 6.07) is 2.24. The van der Waals surface area contributed by atoms with Crippen molar-refractivity contribution in [2.24, 2.45) is 0 Å². The fourth-order valence-corrected chi connectivity index (χ4v) is 3.07. The first-order chi connectivity index (χ1) is 12.8. The topological polar surface area (TPSA) is 74.4 Å². The zero-order valence-electron chi connectivity index (χ0n) is 15.2. The second kappa shape index (κ2) is 8.05. The van der Waals surface area contributed by atoms with Crippen LogP contribution in [-0.4, -0.2) is 69.5 Å². The zero-order valence-corrected chi connectivity index (χ0v) is 15.2. The van der Waals surface area contributed by atoms with Crippen molar-refractivity contribution in [3.63, 3.8) is 0 Å². The number of rotatable bonds is 4. The molecular formula is C17H22F2N4O4. The molecule has 2 saturated heterocycles. The molecule has 0 aromatic heterocycles. The molecule has 2 aliphatic rings. The number of benzene rings is 1. The van der Waals surface area contributed by atoms with Crippen molar-refractivity contribution in [1.29, 1.82) is 0 Å². The van der Waals surface area contributed by atoms with Gasteiger partial charge in [-0.05, 0) is 0 Å². The Morgan fingerprint density at radius 1 is 1.26 bits per heavy atom. The van der Waals surface area contributed by atoms with Crippen molar-refractivity contribution in [2.75, 3.05) is 56.2 Å². The third-order valence-electron chi connectivity index (χ3n) is 4.44. The molecule has 0 aliphatic carbocycles. The molecule has 0 unspecified atom stereocenters. The Hall–Kier alpha value is -2.46. The number of carbonyl (C=O) groups is 2. The molecule has 0 bridgehead atoms. The number of hydrogen-bond acceptors (Lipinski definition) is 6. The van der Waals surface area contributed by atoms with E-state index in [4.69, 9.17) is 9.57 Å². The first-order valence-corrected chi connectivity index (χ1v) is 8.65. The summed E-state index contributed by atoms with van der Waals surface area (Å²) in [4.78, 5) is 31.1. The molecule has 27 heavy (non-hydrogen) atoms. The largest absolute Gasteiger partial charge is 0.442 e. The van der Waals surface area contributed by atoms with Gasteiger partial charge in [-0.1, -0.05) is 0 Å². The molecule has 1 N–H and O–H groups in total. The van der Waals surface area contributed by atoms with Crippen molar-refractivity contribution in [3.05, 3.63) is 23.8 Å². The molecule has 10 heteroatoms. The Morgan fingerprint density at radius 2 is 1.96 bits per heavy atom. The first-order valence-electron chi connectivity index (χ1n) is 8.65. The molecule has 2 amide bonds. The minimum Gasteiger partial charge on any atom is -0.442 e. The Balaban J connectivity index is 1.76. The molecule has 1 aromatic rings. The molecule has 0 radical (unpaired) electrons. The fraction of sp³-hybridized carbons (Fsp3) is 0.529. The monoisotopic (exact) mass is 384 g/mol. The van der Waals surface area contributed by atoms with Crippen LogP contribution >= 0.6 is 0 Å². The highest BCUT2D eigenvalue weighted by Gasteiger charge is 2.33. The van der Waals surface area contributed by atoms with Crippen molar-refractivity contribution in [3.8, 4) is 0 Å². The first kappa shape index (κ1) is 19.3. The van der Waals surface area contributed by atoms with E-state index in [-0.39, 0.29) is 30.4 Å². The van der Waals surface area contributed by atoms with Gasteiger partial charge in [-0.3, -0.25) is 14.5 Å². The molecule has 2 fully saturated rings. The van der Waals surface area contributed by atoms with Gasteiger partial charge < -0.3 is 15.0 Å².